The summed E-state index contributed by atoms with van der Waals surface area (Å²) in [5.41, 5.74) is 1.67. The largest absolute Gasteiger partial charge is 0.203 e. The molecule has 2 aromatic carbocycles. The molecule has 0 radical (unpaired) electrons. The fourth-order valence-corrected chi connectivity index (χ4v) is 4.01. The van der Waals surface area contributed by atoms with Crippen molar-refractivity contribution in [2.75, 3.05) is 0 Å². The quantitative estimate of drug-likeness (QED) is 0.585. The minimum atomic E-state index is -0.671. The number of halogens is 2. The third-order valence-electron chi connectivity index (χ3n) is 5.53. The molecule has 0 N–H and O–H groups in total. The lowest BCUT2D eigenvalue weighted by Gasteiger charge is -2.28. The maximum absolute atomic E-state index is 14.5. The van der Waals surface area contributed by atoms with E-state index in [-0.39, 0.29) is 0 Å². The second kappa shape index (κ2) is 6.98. The Labute approximate surface area is 137 Å². The molecule has 1 fully saturated rings. The Morgan fingerprint density at radius 2 is 1.70 bits per heavy atom. The van der Waals surface area contributed by atoms with Gasteiger partial charge in [-0.3, -0.25) is 0 Å². The molecule has 0 atom stereocenters. The van der Waals surface area contributed by atoms with Crippen molar-refractivity contribution in [3.63, 3.8) is 0 Å². The Balaban J connectivity index is 1.93. The van der Waals surface area contributed by atoms with Crippen LogP contribution in [-0.2, 0) is 6.42 Å². The molecular formula is C21H26F2. The van der Waals surface area contributed by atoms with Crippen molar-refractivity contribution in [3.05, 3.63) is 47.0 Å². The summed E-state index contributed by atoms with van der Waals surface area (Å²) in [6, 6.07) is 7.79. The smallest absolute Gasteiger partial charge is 0.166 e. The number of benzene rings is 2. The number of rotatable bonds is 4. The second-order valence-corrected chi connectivity index (χ2v) is 7.02. The average molecular weight is 316 g/mol. The number of hydrogen-bond donors (Lipinski definition) is 0. The Hall–Kier alpha value is -1.44. The molecule has 2 aromatic rings. The summed E-state index contributed by atoms with van der Waals surface area (Å²) in [7, 11) is 0. The summed E-state index contributed by atoms with van der Waals surface area (Å²) < 4.78 is 28.7. The van der Waals surface area contributed by atoms with Crippen LogP contribution in [0.3, 0.4) is 0 Å². The van der Waals surface area contributed by atoms with Crippen LogP contribution in [0.15, 0.2) is 24.3 Å². The molecule has 1 aliphatic carbocycles. The average Bonchev–Trinajstić information content (AvgIpc) is 2.59. The Morgan fingerprint density at radius 1 is 0.957 bits per heavy atom. The second-order valence-electron chi connectivity index (χ2n) is 7.02. The molecule has 0 nitrogen and oxygen atoms in total. The van der Waals surface area contributed by atoms with Gasteiger partial charge in [0.15, 0.2) is 11.6 Å². The maximum atomic E-state index is 14.5. The van der Waals surface area contributed by atoms with Crippen LogP contribution in [0.4, 0.5) is 8.78 Å². The molecule has 0 unspecified atom stereocenters. The van der Waals surface area contributed by atoms with E-state index in [1.54, 1.807) is 0 Å². The van der Waals surface area contributed by atoms with Gasteiger partial charge in [-0.1, -0.05) is 38.8 Å². The van der Waals surface area contributed by atoms with Gasteiger partial charge in [0, 0.05) is 5.39 Å². The van der Waals surface area contributed by atoms with Gasteiger partial charge in [-0.05, 0) is 72.6 Å². The lowest BCUT2D eigenvalue weighted by atomic mass is 9.77. The van der Waals surface area contributed by atoms with E-state index in [1.165, 1.54) is 37.7 Å². The summed E-state index contributed by atoms with van der Waals surface area (Å²) in [5.74, 6) is 0.0127. The van der Waals surface area contributed by atoms with Crippen molar-refractivity contribution in [1.82, 2.24) is 0 Å². The number of fused-ring (bicyclic) bond motifs is 1. The summed E-state index contributed by atoms with van der Waals surface area (Å²) in [6.07, 6.45) is 7.51. The minimum Gasteiger partial charge on any atom is -0.203 e. The van der Waals surface area contributed by atoms with Crippen molar-refractivity contribution in [2.24, 2.45) is 5.92 Å². The Morgan fingerprint density at radius 3 is 2.35 bits per heavy atom. The van der Waals surface area contributed by atoms with E-state index in [0.717, 1.165) is 17.7 Å². The van der Waals surface area contributed by atoms with Crippen LogP contribution >= 0.6 is 0 Å². The van der Waals surface area contributed by atoms with Gasteiger partial charge >= 0.3 is 0 Å². The molecule has 0 aliphatic heterocycles. The monoisotopic (exact) mass is 316 g/mol. The fourth-order valence-electron chi connectivity index (χ4n) is 4.01. The highest BCUT2D eigenvalue weighted by atomic mass is 19.2. The van der Waals surface area contributed by atoms with Crippen LogP contribution < -0.4 is 0 Å². The van der Waals surface area contributed by atoms with Gasteiger partial charge in [0.05, 0.1) is 0 Å². The minimum absolute atomic E-state index is 0.442. The van der Waals surface area contributed by atoms with Crippen LogP contribution in [0.25, 0.3) is 10.8 Å². The van der Waals surface area contributed by atoms with Crippen LogP contribution in [0.5, 0.6) is 0 Å². The molecule has 0 amide bonds. The highest BCUT2D eigenvalue weighted by molar-refractivity contribution is 5.84. The summed E-state index contributed by atoms with van der Waals surface area (Å²) in [4.78, 5) is 0. The molecule has 1 aliphatic rings. The predicted molar refractivity (Wildman–Crippen MR) is 92.8 cm³/mol. The topological polar surface area (TPSA) is 0 Å². The fraction of sp³-hybridized carbons (Fsp3) is 0.524. The van der Waals surface area contributed by atoms with Crippen molar-refractivity contribution >= 4 is 10.8 Å². The van der Waals surface area contributed by atoms with E-state index in [2.05, 4.69) is 13.0 Å². The van der Waals surface area contributed by atoms with Crippen molar-refractivity contribution in [3.8, 4) is 0 Å². The zero-order chi connectivity index (χ0) is 16.4. The molecular weight excluding hydrogens is 290 g/mol. The van der Waals surface area contributed by atoms with Crippen LogP contribution in [0, 0.1) is 17.6 Å². The van der Waals surface area contributed by atoms with Crippen molar-refractivity contribution < 1.29 is 8.78 Å². The summed E-state index contributed by atoms with van der Waals surface area (Å²) in [6.45, 7) is 4.24. The summed E-state index contributed by atoms with van der Waals surface area (Å²) >= 11 is 0. The van der Waals surface area contributed by atoms with Crippen LogP contribution in [0.2, 0.25) is 0 Å². The number of aryl methyl sites for hydroxylation is 1. The molecule has 124 valence electrons. The molecule has 23 heavy (non-hydrogen) atoms. The van der Waals surface area contributed by atoms with Crippen LogP contribution in [0.1, 0.15) is 69.4 Å². The zero-order valence-electron chi connectivity index (χ0n) is 14.2. The van der Waals surface area contributed by atoms with E-state index in [9.17, 15) is 8.78 Å². The first-order valence-electron chi connectivity index (χ1n) is 9.04. The van der Waals surface area contributed by atoms with Crippen molar-refractivity contribution in [2.45, 2.75) is 64.7 Å². The van der Waals surface area contributed by atoms with Gasteiger partial charge in [-0.2, -0.15) is 0 Å². The first kappa shape index (κ1) is 16.4. The molecule has 0 aromatic heterocycles. The normalized spacial score (nSPS) is 21.7. The molecule has 0 heterocycles. The Kier molecular flexibility index (Phi) is 4.99. The molecule has 1 saturated carbocycles. The lowest BCUT2D eigenvalue weighted by molar-refractivity contribution is 0.319. The van der Waals surface area contributed by atoms with Crippen LogP contribution in [-0.4, -0.2) is 0 Å². The highest BCUT2D eigenvalue weighted by Crippen LogP contribution is 2.38. The van der Waals surface area contributed by atoms with E-state index in [0.29, 0.717) is 23.3 Å². The van der Waals surface area contributed by atoms with E-state index in [1.807, 2.05) is 25.1 Å². The first-order chi connectivity index (χ1) is 11.1. The highest BCUT2D eigenvalue weighted by Gasteiger charge is 2.22. The maximum Gasteiger partial charge on any atom is 0.166 e. The number of hydrogen-bond acceptors (Lipinski definition) is 0. The first-order valence-corrected chi connectivity index (χ1v) is 9.04. The summed E-state index contributed by atoms with van der Waals surface area (Å²) in [5, 5.41) is 1.26. The third kappa shape index (κ3) is 3.27. The lowest BCUT2D eigenvalue weighted by Crippen LogP contribution is -2.12. The Bertz CT molecular complexity index is 682. The van der Waals surface area contributed by atoms with E-state index < -0.39 is 11.6 Å². The van der Waals surface area contributed by atoms with E-state index >= 15 is 0 Å². The van der Waals surface area contributed by atoms with Gasteiger partial charge in [0.25, 0.3) is 0 Å². The zero-order valence-corrected chi connectivity index (χ0v) is 14.2. The van der Waals surface area contributed by atoms with Gasteiger partial charge in [0.2, 0.25) is 0 Å². The molecule has 2 heteroatoms. The van der Waals surface area contributed by atoms with E-state index in [4.69, 9.17) is 0 Å². The third-order valence-corrected chi connectivity index (χ3v) is 5.53. The predicted octanol–water partition coefficient (Wildman–Crippen LogP) is 6.75. The SMILES string of the molecule is CCCc1cc2ccc(C3CCC(CC)CC3)cc2c(F)c1F. The molecule has 0 spiro atoms. The molecule has 0 bridgehead atoms. The van der Waals surface area contributed by atoms with Gasteiger partial charge < -0.3 is 0 Å². The van der Waals surface area contributed by atoms with Gasteiger partial charge in [-0.25, -0.2) is 8.78 Å². The molecule has 3 rings (SSSR count). The standard InChI is InChI=1S/C21H26F2/c1-3-5-18-12-17-11-10-16(13-19(17)21(23)20(18)22)15-8-6-14(4-2)7-9-15/h10-15H,3-9H2,1-2H3. The molecule has 0 saturated heterocycles. The van der Waals surface area contributed by atoms with Gasteiger partial charge in [-0.15, -0.1) is 0 Å². The van der Waals surface area contributed by atoms with Crippen molar-refractivity contribution in [1.29, 1.82) is 0 Å². The van der Waals surface area contributed by atoms with Gasteiger partial charge in [0.1, 0.15) is 0 Å².